The second kappa shape index (κ2) is 5.23. The average molecular weight is 319 g/mol. The normalized spacial score (nSPS) is 11.3. The van der Waals surface area contributed by atoms with E-state index >= 15 is 0 Å². The van der Waals surface area contributed by atoms with Gasteiger partial charge in [-0.2, -0.15) is 0 Å². The average Bonchev–Trinajstić information content (AvgIpc) is 3.12. The molecule has 0 aliphatic carbocycles. The summed E-state index contributed by atoms with van der Waals surface area (Å²) in [4.78, 5) is 20.1. The van der Waals surface area contributed by atoms with E-state index in [1.807, 2.05) is 57.2 Å². The van der Waals surface area contributed by atoms with Crippen molar-refractivity contribution in [1.82, 2.24) is 9.97 Å². The van der Waals surface area contributed by atoms with Gasteiger partial charge in [0.2, 0.25) is 5.95 Å². The summed E-state index contributed by atoms with van der Waals surface area (Å²) >= 11 is 0. The third kappa shape index (κ3) is 2.17. The van der Waals surface area contributed by atoms with Gasteiger partial charge in [0.25, 0.3) is 5.91 Å². The van der Waals surface area contributed by atoms with Crippen molar-refractivity contribution in [1.29, 1.82) is 0 Å². The number of H-pyrrole nitrogens is 1. The Morgan fingerprint density at radius 1 is 1.08 bits per heavy atom. The van der Waals surface area contributed by atoms with Crippen molar-refractivity contribution in [2.45, 2.75) is 20.8 Å². The second-order valence-corrected chi connectivity index (χ2v) is 6.02. The minimum atomic E-state index is -0.304. The number of carbonyl (C=O) groups is 1. The van der Waals surface area contributed by atoms with Crippen LogP contribution in [0.5, 0.6) is 0 Å². The van der Waals surface area contributed by atoms with Gasteiger partial charge in [-0.25, -0.2) is 4.98 Å². The molecule has 0 bridgehead atoms. The molecule has 2 aromatic carbocycles. The van der Waals surface area contributed by atoms with Crippen molar-refractivity contribution in [3.8, 4) is 0 Å². The molecule has 0 saturated heterocycles. The van der Waals surface area contributed by atoms with Crippen LogP contribution in [-0.2, 0) is 0 Å². The Labute approximate surface area is 138 Å². The highest BCUT2D eigenvalue weighted by Gasteiger charge is 2.20. The highest BCUT2D eigenvalue weighted by Crippen LogP contribution is 2.31. The molecule has 0 spiro atoms. The molecule has 0 fully saturated rings. The standard InChI is InChI=1S/C19H17N3O2/c1-10-8-9-11(2)16-15(10)12(3)17(24-16)18(23)22-19-20-13-6-4-5-7-14(13)21-19/h4-9H,1-3H3,(H2,20,21,22,23). The minimum Gasteiger partial charge on any atom is -0.450 e. The smallest absolute Gasteiger partial charge is 0.293 e. The lowest BCUT2D eigenvalue weighted by Crippen LogP contribution is -2.13. The molecule has 4 rings (SSSR count). The van der Waals surface area contributed by atoms with E-state index in [0.717, 1.165) is 38.7 Å². The maximum atomic E-state index is 12.6. The summed E-state index contributed by atoms with van der Waals surface area (Å²) in [7, 11) is 0. The largest absolute Gasteiger partial charge is 0.450 e. The molecule has 0 radical (unpaired) electrons. The van der Waals surface area contributed by atoms with E-state index in [9.17, 15) is 4.79 Å². The zero-order chi connectivity index (χ0) is 16.8. The van der Waals surface area contributed by atoms with E-state index in [-0.39, 0.29) is 5.91 Å². The van der Waals surface area contributed by atoms with Gasteiger partial charge in [-0.3, -0.25) is 10.1 Å². The number of furan rings is 1. The van der Waals surface area contributed by atoms with Gasteiger partial charge in [-0.15, -0.1) is 0 Å². The first-order chi connectivity index (χ1) is 11.5. The molecule has 5 heteroatoms. The molecule has 0 aliphatic rings. The lowest BCUT2D eigenvalue weighted by atomic mass is 10.0. The van der Waals surface area contributed by atoms with Crippen LogP contribution < -0.4 is 5.32 Å². The number of rotatable bonds is 2. The Morgan fingerprint density at radius 2 is 1.83 bits per heavy atom. The second-order valence-electron chi connectivity index (χ2n) is 6.02. The van der Waals surface area contributed by atoms with E-state index in [4.69, 9.17) is 4.42 Å². The molecule has 0 unspecified atom stereocenters. The molecule has 2 N–H and O–H groups in total. The molecule has 0 atom stereocenters. The highest BCUT2D eigenvalue weighted by molar-refractivity contribution is 6.07. The number of aromatic nitrogens is 2. The van der Waals surface area contributed by atoms with E-state index in [2.05, 4.69) is 15.3 Å². The third-order valence-corrected chi connectivity index (χ3v) is 4.31. The zero-order valence-electron chi connectivity index (χ0n) is 13.7. The van der Waals surface area contributed by atoms with Crippen molar-refractivity contribution < 1.29 is 9.21 Å². The first-order valence-corrected chi connectivity index (χ1v) is 7.80. The number of hydrogen-bond donors (Lipinski definition) is 2. The Morgan fingerprint density at radius 3 is 2.58 bits per heavy atom. The zero-order valence-corrected chi connectivity index (χ0v) is 13.7. The van der Waals surface area contributed by atoms with Gasteiger partial charge >= 0.3 is 0 Å². The van der Waals surface area contributed by atoms with Crippen LogP contribution in [0.4, 0.5) is 5.95 Å². The molecule has 0 saturated carbocycles. The minimum absolute atomic E-state index is 0.304. The fraction of sp³-hybridized carbons (Fsp3) is 0.158. The number of nitrogens with one attached hydrogen (secondary N) is 2. The number of aromatic amines is 1. The molecular formula is C19H17N3O2. The summed E-state index contributed by atoms with van der Waals surface area (Å²) in [5.41, 5.74) is 5.41. The van der Waals surface area contributed by atoms with E-state index in [0.29, 0.717) is 11.7 Å². The van der Waals surface area contributed by atoms with Gasteiger partial charge in [0, 0.05) is 10.9 Å². The van der Waals surface area contributed by atoms with Crippen molar-refractivity contribution >= 4 is 33.9 Å². The third-order valence-electron chi connectivity index (χ3n) is 4.31. The van der Waals surface area contributed by atoms with Crippen LogP contribution >= 0.6 is 0 Å². The lowest BCUT2D eigenvalue weighted by molar-refractivity contribution is 0.0997. The predicted octanol–water partition coefficient (Wildman–Crippen LogP) is 4.49. The Balaban J connectivity index is 1.74. The van der Waals surface area contributed by atoms with Gasteiger partial charge in [0.15, 0.2) is 5.76 Å². The molecule has 2 aromatic heterocycles. The molecule has 120 valence electrons. The summed E-state index contributed by atoms with van der Waals surface area (Å²) in [5.74, 6) is 0.430. The van der Waals surface area contributed by atoms with Crippen LogP contribution in [0.3, 0.4) is 0 Å². The van der Waals surface area contributed by atoms with Gasteiger partial charge < -0.3 is 9.40 Å². The molecule has 1 amide bonds. The number of carbonyl (C=O) groups excluding carboxylic acids is 1. The number of anilines is 1. The number of para-hydroxylation sites is 2. The topological polar surface area (TPSA) is 70.9 Å². The molecule has 0 aliphatic heterocycles. The fourth-order valence-electron chi connectivity index (χ4n) is 3.07. The van der Waals surface area contributed by atoms with Crippen molar-refractivity contribution in [2.24, 2.45) is 0 Å². The monoisotopic (exact) mass is 319 g/mol. The number of imidazole rings is 1. The summed E-state index contributed by atoms with van der Waals surface area (Å²) in [6, 6.07) is 11.7. The first-order valence-electron chi connectivity index (χ1n) is 7.80. The van der Waals surface area contributed by atoms with Crippen molar-refractivity contribution in [2.75, 3.05) is 5.32 Å². The number of nitrogens with zero attached hydrogens (tertiary/aromatic N) is 1. The Bertz CT molecular complexity index is 1060. The maximum absolute atomic E-state index is 12.6. The van der Waals surface area contributed by atoms with E-state index in [1.54, 1.807) is 0 Å². The summed E-state index contributed by atoms with van der Waals surface area (Å²) < 4.78 is 5.86. The number of benzene rings is 2. The number of hydrogen-bond acceptors (Lipinski definition) is 3. The van der Waals surface area contributed by atoms with Crippen LogP contribution in [0.25, 0.3) is 22.0 Å². The van der Waals surface area contributed by atoms with Gasteiger partial charge in [-0.1, -0.05) is 24.3 Å². The fourth-order valence-corrected chi connectivity index (χ4v) is 3.07. The van der Waals surface area contributed by atoms with Gasteiger partial charge in [0.1, 0.15) is 5.58 Å². The summed E-state index contributed by atoms with van der Waals surface area (Å²) in [6.45, 7) is 5.91. The van der Waals surface area contributed by atoms with Gasteiger partial charge in [0.05, 0.1) is 11.0 Å². The number of aryl methyl sites for hydroxylation is 3. The van der Waals surface area contributed by atoms with E-state index < -0.39 is 0 Å². The Kier molecular flexibility index (Phi) is 3.16. The van der Waals surface area contributed by atoms with Crippen LogP contribution in [-0.4, -0.2) is 15.9 Å². The number of fused-ring (bicyclic) bond motifs is 2. The van der Waals surface area contributed by atoms with Crippen LogP contribution in [0.1, 0.15) is 27.2 Å². The molecule has 24 heavy (non-hydrogen) atoms. The molecule has 4 aromatic rings. The van der Waals surface area contributed by atoms with Crippen molar-refractivity contribution in [3.05, 3.63) is 58.8 Å². The van der Waals surface area contributed by atoms with Crippen molar-refractivity contribution in [3.63, 3.8) is 0 Å². The molecular weight excluding hydrogens is 302 g/mol. The van der Waals surface area contributed by atoms with Crippen LogP contribution in [0, 0.1) is 20.8 Å². The maximum Gasteiger partial charge on any atom is 0.293 e. The number of amides is 1. The SMILES string of the molecule is Cc1ccc(C)c2c(C)c(C(=O)Nc3nc4ccccc4[nH]3)oc12. The summed E-state index contributed by atoms with van der Waals surface area (Å²) in [5, 5.41) is 3.79. The Hall–Kier alpha value is -3.08. The van der Waals surface area contributed by atoms with Crippen LogP contribution in [0.15, 0.2) is 40.8 Å². The molecule has 5 nitrogen and oxygen atoms in total. The quantitative estimate of drug-likeness (QED) is 0.572. The predicted molar refractivity (Wildman–Crippen MR) is 94.5 cm³/mol. The van der Waals surface area contributed by atoms with Crippen LogP contribution in [0.2, 0.25) is 0 Å². The van der Waals surface area contributed by atoms with E-state index in [1.165, 1.54) is 0 Å². The van der Waals surface area contributed by atoms with Gasteiger partial charge in [-0.05, 0) is 44.0 Å². The first kappa shape index (κ1) is 14.5. The summed E-state index contributed by atoms with van der Waals surface area (Å²) in [6.07, 6.45) is 0. The lowest BCUT2D eigenvalue weighted by Gasteiger charge is -1.99. The molecule has 2 heterocycles. The highest BCUT2D eigenvalue weighted by atomic mass is 16.3.